The number of carbonyl (C=O) groups is 1. The molecule has 106 valence electrons. The monoisotopic (exact) mass is 275 g/mol. The van der Waals surface area contributed by atoms with Gasteiger partial charge in [0, 0.05) is 12.0 Å². The third-order valence-electron chi connectivity index (χ3n) is 4.11. The normalized spacial score (nSPS) is 29.2. The number of ketones is 1. The maximum absolute atomic E-state index is 12.1. The lowest BCUT2D eigenvalue weighted by Gasteiger charge is -2.39. The number of nitrogens with zero attached hydrogens (tertiary/aromatic N) is 1. The lowest BCUT2D eigenvalue weighted by molar-refractivity contribution is -0.131. The quantitative estimate of drug-likeness (QED) is 0.909. The minimum Gasteiger partial charge on any atom is -0.469 e. The van der Waals surface area contributed by atoms with Gasteiger partial charge in [-0.05, 0) is 32.9 Å². The highest BCUT2D eigenvalue weighted by Gasteiger charge is 2.50. The van der Waals surface area contributed by atoms with Crippen LogP contribution in [0.2, 0.25) is 0 Å². The van der Waals surface area contributed by atoms with Gasteiger partial charge < -0.3 is 14.0 Å². The zero-order valence-electron chi connectivity index (χ0n) is 11.7. The first-order valence-corrected chi connectivity index (χ1v) is 6.63. The molecule has 0 aliphatic heterocycles. The zero-order chi connectivity index (χ0) is 14.5. The van der Waals surface area contributed by atoms with Crippen molar-refractivity contribution in [2.75, 3.05) is 0 Å². The van der Waals surface area contributed by atoms with Gasteiger partial charge in [-0.3, -0.25) is 4.79 Å². The van der Waals surface area contributed by atoms with Gasteiger partial charge in [-0.2, -0.15) is 0 Å². The second kappa shape index (κ2) is 4.31. The van der Waals surface area contributed by atoms with Crippen LogP contribution in [0.5, 0.6) is 0 Å². The summed E-state index contributed by atoms with van der Waals surface area (Å²) >= 11 is 0. The molecule has 0 aromatic carbocycles. The molecule has 0 bridgehead atoms. The molecular weight excluding hydrogens is 258 g/mol. The van der Waals surface area contributed by atoms with E-state index in [9.17, 15) is 9.90 Å². The summed E-state index contributed by atoms with van der Waals surface area (Å²) in [5.41, 5.74) is 0.401. The molecule has 2 aromatic heterocycles. The van der Waals surface area contributed by atoms with Gasteiger partial charge in [0.2, 0.25) is 0 Å². The summed E-state index contributed by atoms with van der Waals surface area (Å²) in [7, 11) is 0. The Bertz CT molecular complexity index is 639. The third kappa shape index (κ3) is 1.81. The number of hydrogen-bond acceptors (Lipinski definition) is 5. The second-order valence-corrected chi connectivity index (χ2v) is 5.71. The van der Waals surface area contributed by atoms with Gasteiger partial charge in [0.15, 0.2) is 0 Å². The fraction of sp³-hybridized carbons (Fsp3) is 0.467. The van der Waals surface area contributed by atoms with Crippen LogP contribution in [0.3, 0.4) is 0 Å². The number of fused-ring (bicyclic) bond motifs is 1. The van der Waals surface area contributed by atoms with E-state index in [1.807, 2.05) is 13.0 Å². The number of hydrogen-bond donors (Lipinski definition) is 1. The summed E-state index contributed by atoms with van der Waals surface area (Å²) in [6, 6.07) is 3.59. The fourth-order valence-electron chi connectivity index (χ4n) is 3.37. The van der Waals surface area contributed by atoms with Crippen molar-refractivity contribution in [1.82, 2.24) is 5.16 Å². The van der Waals surface area contributed by atoms with Gasteiger partial charge in [-0.25, -0.2) is 0 Å². The maximum atomic E-state index is 12.1. The molecule has 3 atom stereocenters. The van der Waals surface area contributed by atoms with E-state index in [-0.39, 0.29) is 11.7 Å². The number of furan rings is 1. The van der Waals surface area contributed by atoms with Crippen molar-refractivity contribution >= 4 is 5.78 Å². The average molecular weight is 275 g/mol. The van der Waals surface area contributed by atoms with Crippen molar-refractivity contribution in [1.29, 1.82) is 0 Å². The van der Waals surface area contributed by atoms with E-state index in [1.165, 1.54) is 6.92 Å². The molecule has 0 unspecified atom stereocenters. The van der Waals surface area contributed by atoms with Gasteiger partial charge in [0.1, 0.15) is 17.3 Å². The van der Waals surface area contributed by atoms with Crippen molar-refractivity contribution in [3.05, 3.63) is 41.2 Å². The minimum absolute atomic E-state index is 0.0670. The first-order valence-electron chi connectivity index (χ1n) is 6.63. The lowest BCUT2D eigenvalue weighted by Crippen LogP contribution is -2.48. The molecule has 0 amide bonds. The van der Waals surface area contributed by atoms with Gasteiger partial charge in [0.25, 0.3) is 0 Å². The van der Waals surface area contributed by atoms with Crippen LogP contribution in [0.1, 0.15) is 42.5 Å². The molecule has 1 aliphatic rings. The van der Waals surface area contributed by atoms with Crippen LogP contribution >= 0.6 is 0 Å². The molecule has 0 fully saturated rings. The van der Waals surface area contributed by atoms with Crippen LogP contribution in [0.25, 0.3) is 0 Å². The molecule has 2 heterocycles. The summed E-state index contributed by atoms with van der Waals surface area (Å²) in [6.07, 6.45) is 1.87. The Hall–Kier alpha value is -1.88. The topological polar surface area (TPSA) is 76.5 Å². The number of aromatic nitrogens is 1. The minimum atomic E-state index is -1.17. The largest absolute Gasteiger partial charge is 0.469 e. The fourth-order valence-corrected chi connectivity index (χ4v) is 3.37. The molecular formula is C15H17NO4. The SMILES string of the molecule is CC(=O)[C@@H]1[C@H](c2ccco2)c2c(noc2C)C[C@]1(C)O. The van der Waals surface area contributed by atoms with E-state index in [0.29, 0.717) is 23.6 Å². The number of aliphatic hydroxyl groups is 1. The van der Waals surface area contributed by atoms with Crippen molar-refractivity contribution in [2.45, 2.75) is 38.7 Å². The maximum Gasteiger partial charge on any atom is 0.137 e. The van der Waals surface area contributed by atoms with Crippen LogP contribution < -0.4 is 0 Å². The predicted octanol–water partition coefficient (Wildman–Crippen LogP) is 2.22. The van der Waals surface area contributed by atoms with Crippen molar-refractivity contribution in [3.8, 4) is 0 Å². The Morgan fingerprint density at radius 2 is 2.30 bits per heavy atom. The van der Waals surface area contributed by atoms with Gasteiger partial charge in [-0.1, -0.05) is 5.16 Å². The molecule has 0 radical (unpaired) electrons. The zero-order valence-corrected chi connectivity index (χ0v) is 11.7. The summed E-state index contributed by atoms with van der Waals surface area (Å²) in [5.74, 6) is 0.329. The summed E-state index contributed by atoms with van der Waals surface area (Å²) < 4.78 is 10.7. The van der Waals surface area contributed by atoms with Crippen LogP contribution in [0, 0.1) is 12.8 Å². The Morgan fingerprint density at radius 1 is 1.55 bits per heavy atom. The van der Waals surface area contributed by atoms with Crippen LogP contribution in [0.4, 0.5) is 0 Å². The smallest absolute Gasteiger partial charge is 0.137 e. The van der Waals surface area contributed by atoms with E-state index in [2.05, 4.69) is 5.16 Å². The summed E-state index contributed by atoms with van der Waals surface area (Å²) in [4.78, 5) is 12.1. The summed E-state index contributed by atoms with van der Waals surface area (Å²) in [5, 5.41) is 14.7. The Kier molecular flexibility index (Phi) is 2.83. The standard InChI is InChI=1S/C15H17NO4/c1-8(17)14-13(11-5-4-6-19-11)12-9(2)20-16-10(12)7-15(14,3)18/h4-6,13-14,18H,7H2,1-3H3/t13-,14-,15+/m1/s1. The molecule has 0 spiro atoms. The lowest BCUT2D eigenvalue weighted by atomic mass is 9.66. The molecule has 5 nitrogen and oxygen atoms in total. The third-order valence-corrected chi connectivity index (χ3v) is 4.11. The van der Waals surface area contributed by atoms with Crippen LogP contribution in [-0.4, -0.2) is 21.6 Å². The van der Waals surface area contributed by atoms with E-state index in [4.69, 9.17) is 8.94 Å². The van der Waals surface area contributed by atoms with Gasteiger partial charge in [0.05, 0.1) is 29.4 Å². The Morgan fingerprint density at radius 3 is 2.90 bits per heavy atom. The Labute approximate surface area is 116 Å². The van der Waals surface area contributed by atoms with Crippen LogP contribution in [-0.2, 0) is 11.2 Å². The summed E-state index contributed by atoms with van der Waals surface area (Å²) in [6.45, 7) is 4.99. The average Bonchev–Trinajstić information content (AvgIpc) is 2.96. The highest BCUT2D eigenvalue weighted by atomic mass is 16.5. The van der Waals surface area contributed by atoms with Gasteiger partial charge in [-0.15, -0.1) is 0 Å². The second-order valence-electron chi connectivity index (χ2n) is 5.71. The van der Waals surface area contributed by atoms with Gasteiger partial charge >= 0.3 is 0 Å². The molecule has 5 heteroatoms. The molecule has 0 saturated carbocycles. The Balaban J connectivity index is 2.23. The highest BCUT2D eigenvalue weighted by molar-refractivity contribution is 5.82. The first-order chi connectivity index (χ1) is 9.42. The van der Waals surface area contributed by atoms with Crippen molar-refractivity contribution < 1.29 is 18.8 Å². The van der Waals surface area contributed by atoms with E-state index >= 15 is 0 Å². The van der Waals surface area contributed by atoms with Crippen LogP contribution in [0.15, 0.2) is 27.3 Å². The van der Waals surface area contributed by atoms with Crippen molar-refractivity contribution in [2.24, 2.45) is 5.92 Å². The van der Waals surface area contributed by atoms with E-state index in [1.54, 1.807) is 19.3 Å². The van der Waals surface area contributed by atoms with E-state index < -0.39 is 11.5 Å². The predicted molar refractivity (Wildman–Crippen MR) is 70.3 cm³/mol. The molecule has 0 saturated heterocycles. The van der Waals surface area contributed by atoms with Crippen molar-refractivity contribution in [3.63, 3.8) is 0 Å². The molecule has 2 aromatic rings. The number of carbonyl (C=O) groups excluding carboxylic acids is 1. The molecule has 20 heavy (non-hydrogen) atoms. The van der Waals surface area contributed by atoms with E-state index in [0.717, 1.165) is 5.56 Å². The number of rotatable bonds is 2. The number of aryl methyl sites for hydroxylation is 1. The highest BCUT2D eigenvalue weighted by Crippen LogP contribution is 2.47. The molecule has 1 aliphatic carbocycles. The number of Topliss-reactive ketones (excluding diaryl/α,β-unsaturated/α-hetero) is 1. The first kappa shape index (κ1) is 13.1. The molecule has 3 rings (SSSR count). The molecule has 1 N–H and O–H groups in total.